The first kappa shape index (κ1) is 29.7. The van der Waals surface area contributed by atoms with E-state index in [1.807, 2.05) is 0 Å². The second kappa shape index (κ2) is 21.2. The van der Waals surface area contributed by atoms with Gasteiger partial charge in [0, 0.05) is 11.6 Å². The number of allylic oxidation sites excluding steroid dienone is 3. The van der Waals surface area contributed by atoms with Crippen molar-refractivity contribution in [2.45, 2.75) is 148 Å². The highest BCUT2D eigenvalue weighted by molar-refractivity contribution is 6.48. The van der Waals surface area contributed by atoms with Crippen LogP contribution >= 0.6 is 0 Å². The number of carbonyl (C=O) groups is 2. The van der Waals surface area contributed by atoms with Gasteiger partial charge in [-0.25, -0.2) is 0 Å². The molecule has 0 saturated carbocycles. The minimum absolute atomic E-state index is 0.357. The highest BCUT2D eigenvalue weighted by Gasteiger charge is 2.22. The first-order chi connectivity index (χ1) is 16.2. The lowest BCUT2D eigenvalue weighted by atomic mass is 9.95. The molecule has 0 amide bonds. The number of rotatable bonds is 23. The molecule has 0 radical (unpaired) electrons. The van der Waals surface area contributed by atoms with E-state index in [-0.39, 0.29) is 5.78 Å². The summed E-state index contributed by atoms with van der Waals surface area (Å²) in [7, 11) is 1.53. The van der Waals surface area contributed by atoms with E-state index in [0.717, 1.165) is 12.8 Å². The summed E-state index contributed by atoms with van der Waals surface area (Å²) >= 11 is 0. The third-order valence-electron chi connectivity index (χ3n) is 6.89. The molecule has 33 heavy (non-hydrogen) atoms. The number of carbonyl (C=O) groups excluding carboxylic acids is 2. The number of ketones is 2. The van der Waals surface area contributed by atoms with Crippen LogP contribution in [-0.2, 0) is 14.3 Å². The van der Waals surface area contributed by atoms with E-state index in [4.69, 9.17) is 4.74 Å². The number of methoxy groups -OCH3 is 1. The van der Waals surface area contributed by atoms with E-state index in [1.165, 1.54) is 135 Å². The molecule has 0 unspecified atom stereocenters. The van der Waals surface area contributed by atoms with Crippen molar-refractivity contribution < 1.29 is 14.3 Å². The minimum Gasteiger partial charge on any atom is -0.497 e. The molecule has 1 rings (SSSR count). The molecule has 0 bridgehead atoms. The average molecular weight is 461 g/mol. The van der Waals surface area contributed by atoms with Crippen molar-refractivity contribution in [3.8, 4) is 0 Å². The van der Waals surface area contributed by atoms with Crippen molar-refractivity contribution in [3.05, 3.63) is 23.5 Å². The van der Waals surface area contributed by atoms with Gasteiger partial charge in [-0.3, -0.25) is 9.59 Å². The van der Waals surface area contributed by atoms with Gasteiger partial charge in [0.15, 0.2) is 0 Å². The lowest BCUT2D eigenvalue weighted by Gasteiger charge is -2.11. The molecular weight excluding hydrogens is 408 g/mol. The van der Waals surface area contributed by atoms with E-state index in [1.54, 1.807) is 6.08 Å². The van der Waals surface area contributed by atoms with Crippen molar-refractivity contribution in [3.63, 3.8) is 0 Å². The molecule has 1 aliphatic rings. The second-order valence-electron chi connectivity index (χ2n) is 9.93. The van der Waals surface area contributed by atoms with Gasteiger partial charge in [-0.15, -0.1) is 0 Å². The summed E-state index contributed by atoms with van der Waals surface area (Å²) in [5.74, 6) is -0.310. The smallest absolute Gasteiger partial charge is 0.229 e. The summed E-state index contributed by atoms with van der Waals surface area (Å²) in [6, 6.07) is 0. The number of ether oxygens (including phenoxy) is 1. The molecule has 0 aromatic heterocycles. The van der Waals surface area contributed by atoms with Gasteiger partial charge in [0.25, 0.3) is 0 Å². The van der Waals surface area contributed by atoms with E-state index in [0.29, 0.717) is 17.8 Å². The third kappa shape index (κ3) is 16.0. The summed E-state index contributed by atoms with van der Waals surface area (Å²) < 4.78 is 5.10. The zero-order valence-electron chi connectivity index (χ0n) is 21.9. The highest BCUT2D eigenvalue weighted by atomic mass is 16.5. The van der Waals surface area contributed by atoms with Gasteiger partial charge in [-0.2, -0.15) is 0 Å². The summed E-state index contributed by atoms with van der Waals surface area (Å²) in [6.07, 6.45) is 32.4. The van der Waals surface area contributed by atoms with Gasteiger partial charge >= 0.3 is 0 Å². The van der Waals surface area contributed by atoms with E-state index >= 15 is 0 Å². The van der Waals surface area contributed by atoms with Gasteiger partial charge in [0.1, 0.15) is 5.76 Å². The van der Waals surface area contributed by atoms with E-state index in [2.05, 4.69) is 6.92 Å². The standard InChI is InChI=1S/C30H52O3/c1-3-4-5-6-7-8-9-10-11-12-13-14-15-16-17-18-19-20-21-22-23-24-27-25-28(33-2)26-29(31)30(27)32/h25-26H,3-24H2,1-2H3. The van der Waals surface area contributed by atoms with Crippen LogP contribution in [0.5, 0.6) is 0 Å². The Morgan fingerprint density at radius 1 is 0.545 bits per heavy atom. The topological polar surface area (TPSA) is 43.4 Å². The molecule has 0 atom stereocenters. The van der Waals surface area contributed by atoms with Crippen LogP contribution in [0.3, 0.4) is 0 Å². The van der Waals surface area contributed by atoms with Crippen molar-refractivity contribution in [1.82, 2.24) is 0 Å². The molecule has 0 aliphatic heterocycles. The molecule has 0 N–H and O–H groups in total. The molecule has 0 saturated heterocycles. The Balaban J connectivity index is 1.79. The van der Waals surface area contributed by atoms with Gasteiger partial charge in [-0.05, 0) is 18.9 Å². The van der Waals surface area contributed by atoms with Crippen LogP contribution in [0, 0.1) is 0 Å². The van der Waals surface area contributed by atoms with Crippen molar-refractivity contribution in [1.29, 1.82) is 0 Å². The molecule has 0 aromatic carbocycles. The lowest BCUT2D eigenvalue weighted by Crippen LogP contribution is -2.18. The third-order valence-corrected chi connectivity index (χ3v) is 6.89. The van der Waals surface area contributed by atoms with Crippen molar-refractivity contribution in [2.75, 3.05) is 7.11 Å². The highest BCUT2D eigenvalue weighted by Crippen LogP contribution is 2.20. The number of hydrogen-bond acceptors (Lipinski definition) is 3. The van der Waals surface area contributed by atoms with Gasteiger partial charge < -0.3 is 4.74 Å². The first-order valence-electron chi connectivity index (χ1n) is 14.2. The van der Waals surface area contributed by atoms with Gasteiger partial charge in [0.05, 0.1) is 7.11 Å². The van der Waals surface area contributed by atoms with Crippen molar-refractivity contribution in [2.24, 2.45) is 0 Å². The van der Waals surface area contributed by atoms with Crippen LogP contribution in [0.15, 0.2) is 23.5 Å². The van der Waals surface area contributed by atoms with Gasteiger partial charge in [0.2, 0.25) is 11.6 Å². The monoisotopic (exact) mass is 460 g/mol. The molecule has 190 valence electrons. The van der Waals surface area contributed by atoms with Gasteiger partial charge in [-0.1, -0.05) is 135 Å². The van der Waals surface area contributed by atoms with Crippen LogP contribution in [0.1, 0.15) is 148 Å². The molecule has 0 fully saturated rings. The maximum absolute atomic E-state index is 11.9. The summed E-state index contributed by atoms with van der Waals surface area (Å²) in [4.78, 5) is 23.6. The summed E-state index contributed by atoms with van der Waals surface area (Å²) in [5, 5.41) is 0. The SMILES string of the molecule is CCCCCCCCCCCCCCCCCCCCCCCC1=CC(OC)=CC(=O)C1=O. The van der Waals surface area contributed by atoms with E-state index in [9.17, 15) is 9.59 Å². The van der Waals surface area contributed by atoms with Crippen LogP contribution < -0.4 is 0 Å². The first-order valence-corrected chi connectivity index (χ1v) is 14.2. The molecule has 0 spiro atoms. The molecule has 3 heteroatoms. The quantitative estimate of drug-likeness (QED) is 0.0867. The predicted octanol–water partition coefficient (Wildman–Crippen LogP) is 9.20. The average Bonchev–Trinajstić information content (AvgIpc) is 2.82. The lowest BCUT2D eigenvalue weighted by molar-refractivity contribution is -0.131. The fourth-order valence-corrected chi connectivity index (χ4v) is 4.68. The zero-order valence-corrected chi connectivity index (χ0v) is 21.9. The van der Waals surface area contributed by atoms with Crippen molar-refractivity contribution >= 4 is 11.6 Å². The second-order valence-corrected chi connectivity index (χ2v) is 9.93. The Hall–Kier alpha value is -1.38. The maximum Gasteiger partial charge on any atom is 0.229 e. The minimum atomic E-state index is -0.451. The zero-order chi connectivity index (χ0) is 24.0. The normalized spacial score (nSPS) is 13.9. The largest absolute Gasteiger partial charge is 0.497 e. The van der Waals surface area contributed by atoms with Crippen LogP contribution in [0.2, 0.25) is 0 Å². The fourth-order valence-electron chi connectivity index (χ4n) is 4.68. The number of unbranched alkanes of at least 4 members (excludes halogenated alkanes) is 20. The molecular formula is C30H52O3. The Kier molecular flexibility index (Phi) is 19.0. The maximum atomic E-state index is 11.9. The Morgan fingerprint density at radius 3 is 1.27 bits per heavy atom. The number of Topliss-reactive ketones (excluding diaryl/α,β-unsaturated/α-hetero) is 1. The Morgan fingerprint density at radius 2 is 0.909 bits per heavy atom. The van der Waals surface area contributed by atoms with Crippen LogP contribution in [0.4, 0.5) is 0 Å². The van der Waals surface area contributed by atoms with E-state index < -0.39 is 5.78 Å². The molecule has 0 heterocycles. The predicted molar refractivity (Wildman–Crippen MR) is 140 cm³/mol. The Labute approximate surface area is 204 Å². The fraction of sp³-hybridized carbons (Fsp3) is 0.800. The Bertz CT molecular complexity index is 573. The van der Waals surface area contributed by atoms with Crippen LogP contribution in [-0.4, -0.2) is 18.7 Å². The van der Waals surface area contributed by atoms with Crippen LogP contribution in [0.25, 0.3) is 0 Å². The number of hydrogen-bond donors (Lipinski definition) is 0. The molecule has 0 aromatic rings. The molecule has 3 nitrogen and oxygen atoms in total. The molecule has 1 aliphatic carbocycles. The summed E-state index contributed by atoms with van der Waals surface area (Å²) in [6.45, 7) is 2.29. The summed E-state index contributed by atoms with van der Waals surface area (Å²) in [5.41, 5.74) is 0.608.